The van der Waals surface area contributed by atoms with E-state index in [0.29, 0.717) is 16.3 Å². The van der Waals surface area contributed by atoms with Crippen molar-refractivity contribution in [2.24, 2.45) is 0 Å². The van der Waals surface area contributed by atoms with Crippen molar-refractivity contribution in [3.8, 4) is 0 Å². The summed E-state index contributed by atoms with van der Waals surface area (Å²) in [6.07, 6.45) is 1.24. The zero-order valence-electron chi connectivity index (χ0n) is 14.2. The van der Waals surface area contributed by atoms with Crippen LogP contribution in [0.4, 0.5) is 11.4 Å². The van der Waals surface area contributed by atoms with Crippen molar-refractivity contribution in [3.05, 3.63) is 22.7 Å². The van der Waals surface area contributed by atoms with E-state index in [1.807, 2.05) is 19.9 Å². The molecule has 0 bridgehead atoms. The molecule has 0 spiro atoms. The summed E-state index contributed by atoms with van der Waals surface area (Å²) in [5.41, 5.74) is 8.42. The minimum Gasteiger partial charge on any atom is -0.398 e. The van der Waals surface area contributed by atoms with Crippen molar-refractivity contribution in [2.75, 3.05) is 50.0 Å². The van der Waals surface area contributed by atoms with E-state index >= 15 is 0 Å². The summed E-state index contributed by atoms with van der Waals surface area (Å²) in [6, 6.07) is 3.65. The van der Waals surface area contributed by atoms with Gasteiger partial charge in [-0.05, 0) is 19.1 Å². The van der Waals surface area contributed by atoms with Crippen LogP contribution in [0.5, 0.6) is 0 Å². The summed E-state index contributed by atoms with van der Waals surface area (Å²) in [4.78, 5) is 4.77. The molecule has 0 unspecified atom stereocenters. The molecule has 2 fully saturated rings. The number of nitrogen functional groups attached to an aromatic ring is 1. The molecule has 0 saturated carbocycles. The maximum Gasteiger partial charge on any atom is 0.0671 e. The van der Waals surface area contributed by atoms with Gasteiger partial charge in [-0.1, -0.05) is 25.4 Å². The molecule has 23 heavy (non-hydrogen) atoms. The van der Waals surface area contributed by atoms with Crippen LogP contribution in [0.2, 0.25) is 5.02 Å². The van der Waals surface area contributed by atoms with Crippen LogP contribution in [0.1, 0.15) is 26.3 Å². The summed E-state index contributed by atoms with van der Waals surface area (Å²) < 4.78 is 5.35. The highest BCUT2D eigenvalue weighted by atomic mass is 35.5. The second kappa shape index (κ2) is 7.51. The molecule has 3 N–H and O–H groups in total. The second-order valence-corrected chi connectivity index (χ2v) is 6.45. The summed E-state index contributed by atoms with van der Waals surface area (Å²) in [7, 11) is 0. The Kier molecular flexibility index (Phi) is 5.89. The first-order valence-corrected chi connectivity index (χ1v) is 8.58. The molecule has 5 nitrogen and oxygen atoms in total. The van der Waals surface area contributed by atoms with E-state index in [1.54, 1.807) is 6.07 Å². The fourth-order valence-corrected chi connectivity index (χ4v) is 3.32. The molecule has 0 aliphatic carbocycles. The average Bonchev–Trinajstić information content (AvgIpc) is 2.56. The lowest BCUT2D eigenvalue weighted by Gasteiger charge is -2.50. The highest BCUT2D eigenvalue weighted by Gasteiger charge is 2.40. The van der Waals surface area contributed by atoms with Gasteiger partial charge in [0, 0.05) is 43.6 Å². The van der Waals surface area contributed by atoms with Gasteiger partial charge in [-0.15, -0.1) is 0 Å². The Bertz CT molecular complexity index is 552. The SMILES string of the molecule is CC.CC1(N2CCN(c3cc(N)c(C=N)cc3Cl)CC2)COC1. The Morgan fingerprint density at radius 1 is 1.22 bits per heavy atom. The van der Waals surface area contributed by atoms with Gasteiger partial charge in [0.15, 0.2) is 0 Å². The van der Waals surface area contributed by atoms with E-state index in [4.69, 9.17) is 27.5 Å². The van der Waals surface area contributed by atoms with Crippen molar-refractivity contribution in [2.45, 2.75) is 26.3 Å². The Morgan fingerprint density at radius 2 is 1.83 bits per heavy atom. The van der Waals surface area contributed by atoms with Crippen LogP contribution in [0.3, 0.4) is 0 Å². The number of anilines is 2. The number of piperazine rings is 1. The summed E-state index contributed by atoms with van der Waals surface area (Å²) >= 11 is 6.34. The molecule has 2 heterocycles. The van der Waals surface area contributed by atoms with Crippen LogP contribution in [-0.2, 0) is 4.74 Å². The third kappa shape index (κ3) is 3.62. The number of hydrogen-bond donors (Lipinski definition) is 2. The first-order valence-electron chi connectivity index (χ1n) is 8.21. The van der Waals surface area contributed by atoms with E-state index < -0.39 is 0 Å². The molecular formula is C17H27ClN4O. The predicted octanol–water partition coefficient (Wildman–Crippen LogP) is 2.86. The number of nitrogens with two attached hydrogens (primary N) is 1. The summed E-state index contributed by atoms with van der Waals surface area (Å²) in [5, 5.41) is 7.98. The average molecular weight is 339 g/mol. The van der Waals surface area contributed by atoms with Crippen molar-refractivity contribution < 1.29 is 4.74 Å². The van der Waals surface area contributed by atoms with E-state index in [0.717, 1.165) is 45.1 Å². The van der Waals surface area contributed by atoms with Gasteiger partial charge in [-0.25, -0.2) is 0 Å². The summed E-state index contributed by atoms with van der Waals surface area (Å²) in [6.45, 7) is 11.8. The molecular weight excluding hydrogens is 312 g/mol. The van der Waals surface area contributed by atoms with Gasteiger partial charge in [-0.2, -0.15) is 0 Å². The molecule has 6 heteroatoms. The fraction of sp³-hybridized carbons (Fsp3) is 0.588. The molecule has 2 aliphatic heterocycles. The standard InChI is InChI=1S/C15H21ClN4O.C2H6/c1-15(9-21-10-15)20-4-2-19(3-5-20)14-7-13(18)11(8-17)6-12(14)16;1-2/h6-8,17H,2-5,9-10,18H2,1H3;1-2H3. The van der Waals surface area contributed by atoms with Gasteiger partial charge >= 0.3 is 0 Å². The number of ether oxygens (including phenoxy) is 1. The minimum atomic E-state index is 0.207. The monoisotopic (exact) mass is 338 g/mol. The van der Waals surface area contributed by atoms with Gasteiger partial charge in [-0.3, -0.25) is 4.90 Å². The third-order valence-electron chi connectivity index (χ3n) is 4.52. The molecule has 1 aromatic carbocycles. The highest BCUT2D eigenvalue weighted by Crippen LogP contribution is 2.32. The molecule has 0 aromatic heterocycles. The quantitative estimate of drug-likeness (QED) is 0.657. The van der Waals surface area contributed by atoms with Gasteiger partial charge in [0.05, 0.1) is 29.5 Å². The fourth-order valence-electron chi connectivity index (χ4n) is 3.03. The number of benzene rings is 1. The molecule has 0 amide bonds. The van der Waals surface area contributed by atoms with E-state index in [-0.39, 0.29) is 5.54 Å². The topological polar surface area (TPSA) is 65.6 Å². The van der Waals surface area contributed by atoms with E-state index in [2.05, 4.69) is 16.7 Å². The second-order valence-electron chi connectivity index (χ2n) is 6.04. The van der Waals surface area contributed by atoms with Crippen LogP contribution in [0.15, 0.2) is 12.1 Å². The molecule has 0 radical (unpaired) electrons. The van der Waals surface area contributed by atoms with E-state index in [1.165, 1.54) is 6.21 Å². The largest absolute Gasteiger partial charge is 0.398 e. The Labute approximate surface area is 143 Å². The number of nitrogens with zero attached hydrogens (tertiary/aromatic N) is 2. The van der Waals surface area contributed by atoms with Crippen LogP contribution in [-0.4, -0.2) is 56.0 Å². The lowest BCUT2D eigenvalue weighted by molar-refractivity contribution is -0.131. The van der Waals surface area contributed by atoms with Crippen LogP contribution in [0.25, 0.3) is 0 Å². The highest BCUT2D eigenvalue weighted by molar-refractivity contribution is 6.33. The third-order valence-corrected chi connectivity index (χ3v) is 4.82. The van der Waals surface area contributed by atoms with Gasteiger partial charge < -0.3 is 20.8 Å². The number of halogens is 1. The first kappa shape index (κ1) is 18.0. The Hall–Kier alpha value is -1.30. The van der Waals surface area contributed by atoms with Crippen LogP contribution < -0.4 is 10.6 Å². The van der Waals surface area contributed by atoms with Crippen molar-refractivity contribution >= 4 is 29.2 Å². The molecule has 1 aromatic rings. The summed E-state index contributed by atoms with van der Waals surface area (Å²) in [5.74, 6) is 0. The molecule has 3 rings (SSSR count). The maximum absolute atomic E-state index is 7.32. The van der Waals surface area contributed by atoms with Gasteiger partial charge in [0.25, 0.3) is 0 Å². The van der Waals surface area contributed by atoms with Crippen molar-refractivity contribution in [1.29, 1.82) is 5.41 Å². The molecule has 2 aliphatic rings. The molecule has 128 valence electrons. The lowest BCUT2D eigenvalue weighted by atomic mass is 9.97. The molecule has 0 atom stereocenters. The Morgan fingerprint density at radius 3 is 2.30 bits per heavy atom. The van der Waals surface area contributed by atoms with Gasteiger partial charge in [0.1, 0.15) is 0 Å². The number of nitrogens with one attached hydrogen (secondary N) is 1. The first-order chi connectivity index (χ1) is 11.0. The minimum absolute atomic E-state index is 0.207. The van der Waals surface area contributed by atoms with Crippen molar-refractivity contribution in [3.63, 3.8) is 0 Å². The Balaban J connectivity index is 0.000000924. The van der Waals surface area contributed by atoms with E-state index in [9.17, 15) is 0 Å². The molecule has 2 saturated heterocycles. The van der Waals surface area contributed by atoms with Crippen LogP contribution >= 0.6 is 11.6 Å². The number of hydrogen-bond acceptors (Lipinski definition) is 5. The normalized spacial score (nSPS) is 20.3. The lowest BCUT2D eigenvalue weighted by Crippen LogP contribution is -2.64. The van der Waals surface area contributed by atoms with Crippen LogP contribution in [0, 0.1) is 5.41 Å². The van der Waals surface area contributed by atoms with Gasteiger partial charge in [0.2, 0.25) is 0 Å². The number of rotatable bonds is 3. The van der Waals surface area contributed by atoms with Crippen molar-refractivity contribution in [1.82, 2.24) is 4.90 Å². The smallest absolute Gasteiger partial charge is 0.0671 e. The maximum atomic E-state index is 7.32. The predicted molar refractivity (Wildman–Crippen MR) is 98.1 cm³/mol. The zero-order valence-corrected chi connectivity index (χ0v) is 15.0. The zero-order chi connectivity index (χ0) is 17.0.